The van der Waals surface area contributed by atoms with E-state index >= 15 is 0 Å². The van der Waals surface area contributed by atoms with E-state index in [2.05, 4.69) is 27.7 Å². The molecule has 0 fully saturated rings. The normalized spacial score (nSPS) is 6.00. The molecule has 11 heteroatoms. The van der Waals surface area contributed by atoms with Crippen LogP contribution in [0.2, 0.25) is 0 Å². The van der Waals surface area contributed by atoms with Gasteiger partial charge in [0.05, 0.1) is 0 Å². The number of nitrogens with two attached hydrogens (primary N) is 1. The maximum atomic E-state index is 8.89. The molecule has 21 heavy (non-hydrogen) atoms. The fourth-order valence-electron chi connectivity index (χ4n) is 0. The number of carboxylic acids is 4. The summed E-state index contributed by atoms with van der Waals surface area (Å²) in [7, 11) is 0. The summed E-state index contributed by atoms with van der Waals surface area (Å²) in [5.74, 6) is -4.33. The molecule has 0 aliphatic rings. The Morgan fingerprint density at radius 2 is 0.810 bits per heavy atom. The van der Waals surface area contributed by atoms with Crippen LogP contribution in [0.15, 0.2) is 0 Å². The molecule has 10 nitrogen and oxygen atoms in total. The van der Waals surface area contributed by atoms with E-state index in [1.165, 1.54) is 0 Å². The summed E-state index contributed by atoms with van der Waals surface area (Å²) in [6.45, 7) is 11.1. The zero-order valence-electron chi connectivity index (χ0n) is 11.0. The van der Waals surface area contributed by atoms with Crippen LogP contribution in [-0.2, 0) is 41.6 Å². The van der Waals surface area contributed by atoms with Crippen molar-refractivity contribution in [3.05, 3.63) is 33.4 Å². The Morgan fingerprint density at radius 1 is 0.762 bits per heavy atom. The van der Waals surface area contributed by atoms with Crippen LogP contribution in [0.1, 0.15) is 0 Å². The van der Waals surface area contributed by atoms with Crippen molar-refractivity contribution in [3.8, 4) is 0 Å². The minimum Gasteiger partial charge on any atom is -0.676 e. The van der Waals surface area contributed by atoms with E-state index in [-0.39, 0.29) is 22.4 Å². The summed E-state index contributed by atoms with van der Waals surface area (Å²) in [6, 6.07) is 0. The molecule has 0 aliphatic carbocycles. The topological polar surface area (TPSA) is 199 Å². The maximum Gasteiger partial charge on any atom is 0.161 e. The van der Waals surface area contributed by atoms with Crippen molar-refractivity contribution < 1.29 is 62.0 Å². The van der Waals surface area contributed by atoms with Crippen LogP contribution < -0.4 is 5.73 Å². The number of aliphatic carboxylic acids is 4. The first kappa shape index (κ1) is 36.4. The van der Waals surface area contributed by atoms with Crippen molar-refractivity contribution in [2.45, 2.75) is 0 Å². The van der Waals surface area contributed by atoms with Gasteiger partial charge in [-0.25, -0.2) is 0 Å². The standard InChI is InChI=1S/C2H7N2.4C2H3O2.Au/c3-1-2-4;4*1-2(3)4;/h3H,1-2,4H2;4*1H2,(H,3,4);/q5*-1;. The molecular weight excluding hydrogens is 473 g/mol. The molecule has 0 bridgehead atoms. The number of rotatable bonds is 1. The van der Waals surface area contributed by atoms with E-state index in [0.717, 1.165) is 0 Å². The molecule has 0 spiro atoms. The first-order chi connectivity index (χ1) is 8.84. The third-order valence-corrected chi connectivity index (χ3v) is 0.144. The maximum absolute atomic E-state index is 8.89. The monoisotopic (exact) mass is 492 g/mol. The van der Waals surface area contributed by atoms with Crippen molar-refractivity contribution >= 4 is 23.9 Å². The SMILES string of the molecule is [Au].[CH2-]C(=O)O.[CH2-]C(=O)O.[CH2-]C(=O)O.[CH2-]C(=O)O.[NH-]CCN. The van der Waals surface area contributed by atoms with Crippen LogP contribution >= 0.6 is 0 Å². The van der Waals surface area contributed by atoms with Crippen LogP contribution in [0.3, 0.4) is 0 Å². The summed E-state index contributed by atoms with van der Waals surface area (Å²) in [6.07, 6.45) is 0. The van der Waals surface area contributed by atoms with E-state index < -0.39 is 23.9 Å². The van der Waals surface area contributed by atoms with E-state index in [9.17, 15) is 0 Å². The average molecular weight is 492 g/mol. The number of carboxylic acid groups (broad SMARTS) is 4. The van der Waals surface area contributed by atoms with Gasteiger partial charge in [-0.05, 0) is 6.54 Å². The Morgan fingerprint density at radius 3 is 0.810 bits per heavy atom. The van der Waals surface area contributed by atoms with Gasteiger partial charge in [0, 0.05) is 22.4 Å². The molecule has 1 radical (unpaired) electrons. The Bertz CT molecular complexity index is 195. The summed E-state index contributed by atoms with van der Waals surface area (Å²) in [4.78, 5) is 35.6. The number of carbonyl (C=O) groups is 4. The quantitative estimate of drug-likeness (QED) is 0.239. The van der Waals surface area contributed by atoms with Gasteiger partial charge in [0.2, 0.25) is 0 Å². The van der Waals surface area contributed by atoms with Crippen LogP contribution in [0.5, 0.6) is 0 Å². The molecular formula is C10H19AuN2O8-5. The molecule has 0 heterocycles. The first-order valence-electron chi connectivity index (χ1n) is 4.39. The van der Waals surface area contributed by atoms with Crippen LogP contribution in [-0.4, -0.2) is 57.4 Å². The van der Waals surface area contributed by atoms with Crippen LogP contribution in [0, 0.1) is 27.7 Å². The van der Waals surface area contributed by atoms with Crippen molar-refractivity contribution in [3.63, 3.8) is 0 Å². The minimum atomic E-state index is -1.08. The molecule has 0 atom stereocenters. The molecule has 0 aromatic rings. The van der Waals surface area contributed by atoms with E-state index in [1.54, 1.807) is 0 Å². The van der Waals surface area contributed by atoms with Crippen molar-refractivity contribution in [1.82, 2.24) is 0 Å². The molecule has 133 valence electrons. The van der Waals surface area contributed by atoms with Crippen LogP contribution in [0.4, 0.5) is 0 Å². The number of hydrogen-bond acceptors (Lipinski definition) is 5. The Labute approximate surface area is 138 Å². The third-order valence-electron chi connectivity index (χ3n) is 0.144. The number of hydrogen-bond donors (Lipinski definition) is 5. The predicted molar refractivity (Wildman–Crippen MR) is 70.2 cm³/mol. The largest absolute Gasteiger partial charge is 0.676 e. The third kappa shape index (κ3) is 4820. The zero-order chi connectivity index (χ0) is 17.7. The molecule has 0 amide bonds. The van der Waals surface area contributed by atoms with Gasteiger partial charge in [-0.2, -0.15) is 0 Å². The zero-order valence-corrected chi connectivity index (χ0v) is 13.2. The molecule has 0 saturated carbocycles. The van der Waals surface area contributed by atoms with Gasteiger partial charge in [0.25, 0.3) is 0 Å². The van der Waals surface area contributed by atoms with Gasteiger partial charge in [-0.1, -0.05) is 0 Å². The molecule has 0 aliphatic heterocycles. The molecule has 7 N–H and O–H groups in total. The van der Waals surface area contributed by atoms with Crippen molar-refractivity contribution in [2.24, 2.45) is 5.73 Å². The minimum absolute atomic E-state index is 0. The van der Waals surface area contributed by atoms with Gasteiger partial charge < -0.3 is 31.9 Å². The summed E-state index contributed by atoms with van der Waals surface area (Å²) in [5, 5.41) is 29.2. The van der Waals surface area contributed by atoms with E-state index in [0.29, 0.717) is 13.1 Å². The second kappa shape index (κ2) is 36.1. The van der Waals surface area contributed by atoms with Gasteiger partial charge in [0.15, 0.2) is 23.9 Å². The molecule has 0 aromatic carbocycles. The van der Waals surface area contributed by atoms with Gasteiger partial charge in [-0.15, -0.1) is 6.54 Å². The summed E-state index contributed by atoms with van der Waals surface area (Å²) >= 11 is 0. The molecule has 0 aromatic heterocycles. The smallest absolute Gasteiger partial charge is 0.161 e. The number of nitrogens with one attached hydrogen (secondary N) is 1. The van der Waals surface area contributed by atoms with Gasteiger partial charge in [0.1, 0.15) is 0 Å². The molecule has 0 rings (SSSR count). The van der Waals surface area contributed by atoms with Gasteiger partial charge in [-0.3, -0.25) is 46.9 Å². The predicted octanol–water partition coefficient (Wildman–Crippen LogP) is -0.385. The summed E-state index contributed by atoms with van der Waals surface area (Å²) < 4.78 is 0. The molecule has 0 saturated heterocycles. The first-order valence-corrected chi connectivity index (χ1v) is 4.39. The summed E-state index contributed by atoms with van der Waals surface area (Å²) in [5.41, 5.74) is 11.2. The second-order valence-corrected chi connectivity index (χ2v) is 2.11. The average Bonchev–Trinajstić information content (AvgIpc) is 2.13. The second-order valence-electron chi connectivity index (χ2n) is 2.11. The fourth-order valence-corrected chi connectivity index (χ4v) is 0. The van der Waals surface area contributed by atoms with Crippen molar-refractivity contribution in [2.75, 3.05) is 13.1 Å². The Balaban J connectivity index is -0.0000000331. The van der Waals surface area contributed by atoms with E-state index in [4.69, 9.17) is 51.1 Å². The Hall–Kier alpha value is -1.98. The van der Waals surface area contributed by atoms with Crippen molar-refractivity contribution in [1.29, 1.82) is 0 Å². The van der Waals surface area contributed by atoms with Gasteiger partial charge >= 0.3 is 0 Å². The van der Waals surface area contributed by atoms with E-state index in [1.807, 2.05) is 0 Å². The fraction of sp³-hybridized carbons (Fsp3) is 0.200. The Kier molecular flexibility index (Phi) is 62.7. The van der Waals surface area contributed by atoms with Crippen LogP contribution in [0.25, 0.3) is 5.73 Å². The molecule has 0 unspecified atom stereocenters.